The van der Waals surface area contributed by atoms with E-state index in [9.17, 15) is 9.18 Å². The lowest BCUT2D eigenvalue weighted by molar-refractivity contribution is -0.124. The summed E-state index contributed by atoms with van der Waals surface area (Å²) in [6.07, 6.45) is 3.27. The summed E-state index contributed by atoms with van der Waals surface area (Å²) in [6.45, 7) is 2.60. The Morgan fingerprint density at radius 2 is 1.93 bits per heavy atom. The molecular weight excluding hydrogens is 359 g/mol. The van der Waals surface area contributed by atoms with Crippen molar-refractivity contribution in [1.29, 1.82) is 0 Å². The van der Waals surface area contributed by atoms with Crippen molar-refractivity contribution in [3.8, 4) is 5.75 Å². The van der Waals surface area contributed by atoms with E-state index in [1.165, 1.54) is 16.8 Å². The highest BCUT2D eigenvalue weighted by Gasteiger charge is 2.16. The first kappa shape index (κ1) is 19.5. The molecule has 0 saturated heterocycles. The van der Waals surface area contributed by atoms with E-state index in [1.807, 2.05) is 30.3 Å². The lowest BCUT2D eigenvalue weighted by Crippen LogP contribution is -2.32. The number of benzene rings is 2. The molecule has 0 bridgehead atoms. The number of carbonyl (C=O) groups is 1. The molecule has 1 aromatic heterocycles. The molecule has 0 saturated carbocycles. The summed E-state index contributed by atoms with van der Waals surface area (Å²) in [5.41, 5.74) is 1.70. The third-order valence-corrected chi connectivity index (χ3v) is 4.32. The molecular formula is C21H23FN4O2. The molecule has 0 aliphatic heterocycles. The van der Waals surface area contributed by atoms with Gasteiger partial charge in [0.1, 0.15) is 29.9 Å². The second kappa shape index (κ2) is 9.64. The predicted octanol–water partition coefficient (Wildman–Crippen LogP) is 3.31. The van der Waals surface area contributed by atoms with Crippen LogP contribution in [0.5, 0.6) is 5.75 Å². The zero-order chi connectivity index (χ0) is 19.8. The topological polar surface area (TPSA) is 69.0 Å². The number of nitrogens with zero attached hydrogens (tertiary/aromatic N) is 3. The summed E-state index contributed by atoms with van der Waals surface area (Å²) < 4.78 is 20.1. The first-order valence-corrected chi connectivity index (χ1v) is 9.22. The van der Waals surface area contributed by atoms with Gasteiger partial charge in [0.05, 0.1) is 6.20 Å². The largest absolute Gasteiger partial charge is 0.487 e. The lowest BCUT2D eigenvalue weighted by Gasteiger charge is -2.12. The molecule has 6 nitrogen and oxygen atoms in total. The van der Waals surface area contributed by atoms with Crippen LogP contribution in [0.2, 0.25) is 0 Å². The van der Waals surface area contributed by atoms with E-state index in [4.69, 9.17) is 4.74 Å². The van der Waals surface area contributed by atoms with Gasteiger partial charge in [0.15, 0.2) is 0 Å². The van der Waals surface area contributed by atoms with Crippen LogP contribution in [0.25, 0.3) is 0 Å². The SMILES string of the molecule is CC(C(=O)NCCCc1ccc(F)cc1)n1cc(COc2ccccc2)nn1. The van der Waals surface area contributed by atoms with Crippen molar-refractivity contribution >= 4 is 5.91 Å². The highest BCUT2D eigenvalue weighted by Crippen LogP contribution is 2.11. The summed E-state index contributed by atoms with van der Waals surface area (Å²) in [5.74, 6) is 0.385. The monoisotopic (exact) mass is 382 g/mol. The van der Waals surface area contributed by atoms with E-state index < -0.39 is 6.04 Å². The third-order valence-electron chi connectivity index (χ3n) is 4.32. The maximum atomic E-state index is 12.9. The normalized spacial score (nSPS) is 11.8. The Bertz CT molecular complexity index is 881. The number of rotatable bonds is 9. The van der Waals surface area contributed by atoms with Crippen LogP contribution < -0.4 is 10.1 Å². The van der Waals surface area contributed by atoms with Crippen molar-refractivity contribution < 1.29 is 13.9 Å². The average molecular weight is 382 g/mol. The molecule has 2 aromatic carbocycles. The maximum Gasteiger partial charge on any atom is 0.244 e. The van der Waals surface area contributed by atoms with E-state index in [0.29, 0.717) is 12.2 Å². The van der Waals surface area contributed by atoms with Crippen LogP contribution >= 0.6 is 0 Å². The highest BCUT2D eigenvalue weighted by atomic mass is 19.1. The molecule has 7 heteroatoms. The molecule has 1 atom stereocenters. The van der Waals surface area contributed by atoms with E-state index in [2.05, 4.69) is 15.6 Å². The zero-order valence-corrected chi connectivity index (χ0v) is 15.7. The molecule has 1 unspecified atom stereocenters. The van der Waals surface area contributed by atoms with Crippen LogP contribution in [0.4, 0.5) is 4.39 Å². The molecule has 28 heavy (non-hydrogen) atoms. The van der Waals surface area contributed by atoms with Crippen molar-refractivity contribution in [1.82, 2.24) is 20.3 Å². The van der Waals surface area contributed by atoms with Crippen molar-refractivity contribution in [2.24, 2.45) is 0 Å². The summed E-state index contributed by atoms with van der Waals surface area (Å²) in [7, 11) is 0. The number of halogens is 1. The minimum absolute atomic E-state index is 0.125. The standard InChI is InChI=1S/C21H23FN4O2/c1-16(21(27)23-13-5-6-17-9-11-18(22)12-10-17)26-14-19(24-25-26)15-28-20-7-3-2-4-8-20/h2-4,7-12,14,16H,5-6,13,15H2,1H3,(H,23,27). The summed E-state index contributed by atoms with van der Waals surface area (Å²) in [5, 5.41) is 11.0. The van der Waals surface area contributed by atoms with Crippen LogP contribution in [0.15, 0.2) is 60.8 Å². The lowest BCUT2D eigenvalue weighted by atomic mass is 10.1. The van der Waals surface area contributed by atoms with Gasteiger partial charge in [-0.15, -0.1) is 5.10 Å². The number of amides is 1. The first-order valence-electron chi connectivity index (χ1n) is 9.22. The Balaban J connectivity index is 1.41. The van der Waals surface area contributed by atoms with Gasteiger partial charge in [-0.2, -0.15) is 0 Å². The van der Waals surface area contributed by atoms with Gasteiger partial charge < -0.3 is 10.1 Å². The minimum Gasteiger partial charge on any atom is -0.487 e. The second-order valence-corrected chi connectivity index (χ2v) is 6.49. The van der Waals surface area contributed by atoms with Gasteiger partial charge in [-0.25, -0.2) is 9.07 Å². The molecule has 0 aliphatic carbocycles. The number of aromatic nitrogens is 3. The summed E-state index contributed by atoms with van der Waals surface area (Å²) in [4.78, 5) is 12.3. The van der Waals surface area contributed by atoms with Crippen LogP contribution in [-0.4, -0.2) is 27.4 Å². The van der Waals surface area contributed by atoms with E-state index in [-0.39, 0.29) is 18.3 Å². The average Bonchev–Trinajstić information content (AvgIpc) is 3.20. The fourth-order valence-corrected chi connectivity index (χ4v) is 2.67. The molecule has 1 heterocycles. The van der Waals surface area contributed by atoms with Gasteiger partial charge in [0, 0.05) is 6.54 Å². The fraction of sp³-hybridized carbons (Fsp3) is 0.286. The smallest absolute Gasteiger partial charge is 0.244 e. The third kappa shape index (κ3) is 5.64. The molecule has 0 aliphatic rings. The van der Waals surface area contributed by atoms with E-state index >= 15 is 0 Å². The highest BCUT2D eigenvalue weighted by molar-refractivity contribution is 5.79. The maximum absolute atomic E-state index is 12.9. The van der Waals surface area contributed by atoms with Gasteiger partial charge >= 0.3 is 0 Å². The second-order valence-electron chi connectivity index (χ2n) is 6.49. The van der Waals surface area contributed by atoms with Gasteiger partial charge in [0.25, 0.3) is 0 Å². The van der Waals surface area contributed by atoms with E-state index in [1.54, 1.807) is 25.3 Å². The Hall–Kier alpha value is -3.22. The summed E-state index contributed by atoms with van der Waals surface area (Å²) >= 11 is 0. The van der Waals surface area contributed by atoms with Crippen molar-refractivity contribution in [2.75, 3.05) is 6.54 Å². The molecule has 0 spiro atoms. The number of carbonyl (C=O) groups excluding carboxylic acids is 1. The van der Waals surface area contributed by atoms with Crippen LogP contribution in [0.1, 0.15) is 30.6 Å². The van der Waals surface area contributed by atoms with Crippen molar-refractivity contribution in [3.05, 3.63) is 77.9 Å². The molecule has 3 rings (SSSR count). The number of ether oxygens (including phenoxy) is 1. The fourth-order valence-electron chi connectivity index (χ4n) is 2.67. The number of para-hydroxylation sites is 1. The minimum atomic E-state index is -0.469. The Morgan fingerprint density at radius 1 is 1.18 bits per heavy atom. The quantitative estimate of drug-likeness (QED) is 0.577. The number of aryl methyl sites for hydroxylation is 1. The van der Waals surface area contributed by atoms with Crippen molar-refractivity contribution in [2.45, 2.75) is 32.4 Å². The number of hydrogen-bond acceptors (Lipinski definition) is 4. The number of hydrogen-bond donors (Lipinski definition) is 1. The first-order chi connectivity index (χ1) is 13.6. The molecule has 1 amide bonds. The zero-order valence-electron chi connectivity index (χ0n) is 15.7. The molecule has 0 radical (unpaired) electrons. The summed E-state index contributed by atoms with van der Waals surface area (Å²) in [6, 6.07) is 15.4. The predicted molar refractivity (Wildman–Crippen MR) is 103 cm³/mol. The Kier molecular flexibility index (Phi) is 6.73. The van der Waals surface area contributed by atoms with Gasteiger partial charge in [-0.1, -0.05) is 35.5 Å². The van der Waals surface area contributed by atoms with Gasteiger partial charge in [-0.05, 0) is 49.6 Å². The van der Waals surface area contributed by atoms with Crippen molar-refractivity contribution in [3.63, 3.8) is 0 Å². The van der Waals surface area contributed by atoms with Crippen LogP contribution in [0.3, 0.4) is 0 Å². The van der Waals surface area contributed by atoms with Crippen LogP contribution in [-0.2, 0) is 17.8 Å². The molecule has 1 N–H and O–H groups in total. The Labute approximate surface area is 163 Å². The molecule has 0 fully saturated rings. The molecule has 3 aromatic rings. The number of nitrogens with one attached hydrogen (secondary N) is 1. The van der Waals surface area contributed by atoms with E-state index in [0.717, 1.165) is 24.2 Å². The Morgan fingerprint density at radius 3 is 2.68 bits per heavy atom. The van der Waals surface area contributed by atoms with Gasteiger partial charge in [0.2, 0.25) is 5.91 Å². The van der Waals surface area contributed by atoms with Crippen LogP contribution in [0, 0.1) is 5.82 Å². The van der Waals surface area contributed by atoms with Gasteiger partial charge in [-0.3, -0.25) is 4.79 Å². The molecule has 146 valence electrons.